The van der Waals surface area contributed by atoms with E-state index in [9.17, 15) is 14.7 Å². The molecule has 0 bridgehead atoms. The van der Waals surface area contributed by atoms with Crippen LogP contribution in [-0.4, -0.2) is 48.1 Å². The van der Waals surface area contributed by atoms with Crippen molar-refractivity contribution < 1.29 is 14.7 Å². The molecule has 0 spiro atoms. The van der Waals surface area contributed by atoms with Crippen molar-refractivity contribution >= 4 is 11.9 Å². The summed E-state index contributed by atoms with van der Waals surface area (Å²) in [5.74, 6) is -0.933. The van der Waals surface area contributed by atoms with Crippen LogP contribution in [0.4, 0.5) is 0 Å². The van der Waals surface area contributed by atoms with Gasteiger partial charge in [-0.05, 0) is 25.9 Å². The van der Waals surface area contributed by atoms with Gasteiger partial charge >= 0.3 is 5.97 Å². The van der Waals surface area contributed by atoms with Crippen LogP contribution < -0.4 is 5.32 Å². The third-order valence-corrected chi connectivity index (χ3v) is 4.41. The fraction of sp³-hybridized carbons (Fsp3) is 0.867. The standard InChI is InChI=1S/C15H28N2O3/c1-3-17(4-2)11-10-16-13(18)12-15(14(19)20)8-6-5-7-9-15/h3-12H2,1-2H3,(H,16,18)(H,19,20). The molecular weight excluding hydrogens is 256 g/mol. The van der Waals surface area contributed by atoms with Gasteiger partial charge in [-0.15, -0.1) is 0 Å². The van der Waals surface area contributed by atoms with Crippen LogP contribution in [0, 0.1) is 5.41 Å². The van der Waals surface area contributed by atoms with Gasteiger partial charge in [-0.3, -0.25) is 9.59 Å². The fourth-order valence-electron chi connectivity index (χ4n) is 2.96. The van der Waals surface area contributed by atoms with Gasteiger partial charge in [0.25, 0.3) is 0 Å². The topological polar surface area (TPSA) is 69.6 Å². The summed E-state index contributed by atoms with van der Waals surface area (Å²) in [6.45, 7) is 7.52. The number of likely N-dealkylation sites (N-methyl/N-ethyl adjacent to an activating group) is 1. The quantitative estimate of drug-likeness (QED) is 0.714. The number of carboxylic acid groups (broad SMARTS) is 1. The summed E-state index contributed by atoms with van der Waals surface area (Å²) in [6, 6.07) is 0. The number of carboxylic acids is 1. The number of hydrogen-bond donors (Lipinski definition) is 2. The van der Waals surface area contributed by atoms with E-state index in [2.05, 4.69) is 24.1 Å². The Morgan fingerprint density at radius 1 is 1.15 bits per heavy atom. The number of aliphatic carboxylic acids is 1. The molecule has 0 atom stereocenters. The molecule has 5 nitrogen and oxygen atoms in total. The average molecular weight is 284 g/mol. The largest absolute Gasteiger partial charge is 0.481 e. The Labute approximate surface area is 121 Å². The minimum Gasteiger partial charge on any atom is -0.481 e. The van der Waals surface area contributed by atoms with Crippen LogP contribution in [0.15, 0.2) is 0 Å². The van der Waals surface area contributed by atoms with E-state index in [1.54, 1.807) is 0 Å². The van der Waals surface area contributed by atoms with Crippen molar-refractivity contribution in [3.8, 4) is 0 Å². The smallest absolute Gasteiger partial charge is 0.310 e. The maximum atomic E-state index is 12.0. The second-order valence-corrected chi connectivity index (χ2v) is 5.70. The molecule has 0 aromatic heterocycles. The van der Waals surface area contributed by atoms with Crippen LogP contribution in [0.25, 0.3) is 0 Å². The zero-order valence-corrected chi connectivity index (χ0v) is 12.8. The van der Waals surface area contributed by atoms with E-state index in [0.29, 0.717) is 19.4 Å². The van der Waals surface area contributed by atoms with Gasteiger partial charge in [0.15, 0.2) is 0 Å². The van der Waals surface area contributed by atoms with Crippen LogP contribution in [0.5, 0.6) is 0 Å². The highest BCUT2D eigenvalue weighted by Gasteiger charge is 2.41. The normalized spacial score (nSPS) is 17.9. The molecule has 1 saturated carbocycles. The lowest BCUT2D eigenvalue weighted by Crippen LogP contribution is -2.41. The Hall–Kier alpha value is -1.10. The summed E-state index contributed by atoms with van der Waals surface area (Å²) < 4.78 is 0. The number of amides is 1. The van der Waals surface area contributed by atoms with E-state index in [0.717, 1.165) is 38.9 Å². The molecule has 2 N–H and O–H groups in total. The molecule has 1 fully saturated rings. The van der Waals surface area contributed by atoms with Crippen LogP contribution >= 0.6 is 0 Å². The average Bonchev–Trinajstić information content (AvgIpc) is 2.44. The predicted octanol–water partition coefficient (Wildman–Crippen LogP) is 1.87. The highest BCUT2D eigenvalue weighted by atomic mass is 16.4. The first-order chi connectivity index (χ1) is 9.54. The molecule has 0 aliphatic heterocycles. The van der Waals surface area contributed by atoms with E-state index in [4.69, 9.17) is 0 Å². The number of carbonyl (C=O) groups excluding carboxylic acids is 1. The maximum Gasteiger partial charge on any atom is 0.310 e. The molecular formula is C15H28N2O3. The molecule has 1 amide bonds. The number of hydrogen-bond acceptors (Lipinski definition) is 3. The lowest BCUT2D eigenvalue weighted by molar-refractivity contribution is -0.154. The molecule has 5 heteroatoms. The van der Waals surface area contributed by atoms with Crippen molar-refractivity contribution in [3.05, 3.63) is 0 Å². The van der Waals surface area contributed by atoms with Crippen molar-refractivity contribution in [1.82, 2.24) is 10.2 Å². The summed E-state index contributed by atoms with van der Waals surface area (Å²) >= 11 is 0. The molecule has 1 aliphatic rings. The van der Waals surface area contributed by atoms with Crippen molar-refractivity contribution in [2.45, 2.75) is 52.4 Å². The second-order valence-electron chi connectivity index (χ2n) is 5.70. The SMILES string of the molecule is CCN(CC)CCNC(=O)CC1(C(=O)O)CCCCC1. The van der Waals surface area contributed by atoms with E-state index in [-0.39, 0.29) is 12.3 Å². The maximum absolute atomic E-state index is 12.0. The minimum atomic E-state index is -0.822. The van der Waals surface area contributed by atoms with Gasteiger partial charge in [-0.2, -0.15) is 0 Å². The van der Waals surface area contributed by atoms with Crippen LogP contribution in [0.2, 0.25) is 0 Å². The lowest BCUT2D eigenvalue weighted by Gasteiger charge is -2.32. The molecule has 1 rings (SSSR count). The van der Waals surface area contributed by atoms with Crippen LogP contribution in [-0.2, 0) is 9.59 Å². The van der Waals surface area contributed by atoms with Gasteiger partial charge in [0.2, 0.25) is 5.91 Å². The molecule has 116 valence electrons. The number of rotatable bonds is 8. The molecule has 0 saturated heterocycles. The van der Waals surface area contributed by atoms with Crippen LogP contribution in [0.1, 0.15) is 52.4 Å². The zero-order valence-electron chi connectivity index (χ0n) is 12.8. The molecule has 0 aromatic rings. The molecule has 0 radical (unpaired) electrons. The zero-order chi connectivity index (χ0) is 15.0. The fourth-order valence-corrected chi connectivity index (χ4v) is 2.96. The highest BCUT2D eigenvalue weighted by molar-refractivity contribution is 5.85. The predicted molar refractivity (Wildman–Crippen MR) is 78.6 cm³/mol. The Morgan fingerprint density at radius 3 is 2.25 bits per heavy atom. The number of nitrogens with zero attached hydrogens (tertiary/aromatic N) is 1. The summed E-state index contributed by atoms with van der Waals surface area (Å²) in [5.41, 5.74) is -0.822. The Balaban J connectivity index is 2.41. The van der Waals surface area contributed by atoms with Gasteiger partial charge in [-0.1, -0.05) is 33.1 Å². The Kier molecular flexibility index (Phi) is 6.99. The lowest BCUT2D eigenvalue weighted by atomic mass is 9.71. The van der Waals surface area contributed by atoms with Gasteiger partial charge in [0.1, 0.15) is 0 Å². The molecule has 0 unspecified atom stereocenters. The van der Waals surface area contributed by atoms with Gasteiger partial charge in [-0.25, -0.2) is 0 Å². The number of carbonyl (C=O) groups is 2. The van der Waals surface area contributed by atoms with Gasteiger partial charge in [0.05, 0.1) is 5.41 Å². The Morgan fingerprint density at radius 2 is 1.75 bits per heavy atom. The summed E-state index contributed by atoms with van der Waals surface area (Å²) in [4.78, 5) is 25.7. The molecule has 0 aromatic carbocycles. The minimum absolute atomic E-state index is 0.124. The van der Waals surface area contributed by atoms with Crippen molar-refractivity contribution in [2.75, 3.05) is 26.2 Å². The number of nitrogens with one attached hydrogen (secondary N) is 1. The summed E-state index contributed by atoms with van der Waals surface area (Å²) in [6.07, 6.45) is 4.30. The highest BCUT2D eigenvalue weighted by Crippen LogP contribution is 2.39. The molecule has 1 aliphatic carbocycles. The molecule has 20 heavy (non-hydrogen) atoms. The molecule has 0 heterocycles. The van der Waals surface area contributed by atoms with Gasteiger partial charge in [0, 0.05) is 19.5 Å². The monoisotopic (exact) mass is 284 g/mol. The van der Waals surface area contributed by atoms with E-state index in [1.165, 1.54) is 0 Å². The van der Waals surface area contributed by atoms with E-state index in [1.807, 2.05) is 0 Å². The second kappa shape index (κ2) is 8.25. The van der Waals surface area contributed by atoms with Crippen LogP contribution in [0.3, 0.4) is 0 Å². The van der Waals surface area contributed by atoms with Crippen molar-refractivity contribution in [1.29, 1.82) is 0 Å². The first-order valence-corrected chi connectivity index (χ1v) is 7.76. The van der Waals surface area contributed by atoms with Crippen molar-refractivity contribution in [2.24, 2.45) is 5.41 Å². The van der Waals surface area contributed by atoms with Gasteiger partial charge < -0.3 is 15.3 Å². The third kappa shape index (κ3) is 4.78. The van der Waals surface area contributed by atoms with E-state index >= 15 is 0 Å². The third-order valence-electron chi connectivity index (χ3n) is 4.41. The summed E-state index contributed by atoms with van der Waals surface area (Å²) in [5, 5.41) is 12.3. The summed E-state index contributed by atoms with van der Waals surface area (Å²) in [7, 11) is 0. The Bertz CT molecular complexity index is 321. The first kappa shape index (κ1) is 17.0. The first-order valence-electron chi connectivity index (χ1n) is 7.76. The van der Waals surface area contributed by atoms with E-state index < -0.39 is 11.4 Å². The van der Waals surface area contributed by atoms with Crippen molar-refractivity contribution in [3.63, 3.8) is 0 Å².